The predicted octanol–water partition coefficient (Wildman–Crippen LogP) is 4.36. The average molecular weight is 268 g/mol. The number of hydrogen-bond donors (Lipinski definition) is 0. The van der Waals surface area contributed by atoms with Gasteiger partial charge in [0.05, 0.1) is 4.34 Å². The van der Waals surface area contributed by atoms with Crippen LogP contribution in [0.3, 0.4) is 0 Å². The monoisotopic (exact) mass is 266 g/mol. The molecule has 68 valence electrons. The quantitative estimate of drug-likeness (QED) is 0.714. The van der Waals surface area contributed by atoms with Crippen molar-refractivity contribution in [1.29, 1.82) is 0 Å². The lowest BCUT2D eigenvalue weighted by molar-refractivity contribution is 0.586. The number of thiophene rings is 1. The minimum Gasteiger partial charge on any atom is -0.128 e. The van der Waals surface area contributed by atoms with Crippen molar-refractivity contribution in [2.45, 2.75) is 25.1 Å². The molecule has 0 radical (unpaired) electrons. The largest absolute Gasteiger partial charge is 0.128 e. The molecule has 0 aliphatic heterocycles. The summed E-state index contributed by atoms with van der Waals surface area (Å²) in [7, 11) is 0. The van der Waals surface area contributed by atoms with Gasteiger partial charge in [-0.25, -0.2) is 0 Å². The smallest absolute Gasteiger partial charge is 0.0931 e. The number of rotatable bonds is 3. The van der Waals surface area contributed by atoms with Crippen LogP contribution in [-0.2, 0) is 6.42 Å². The van der Waals surface area contributed by atoms with Crippen molar-refractivity contribution in [2.24, 2.45) is 5.92 Å². The third-order valence-corrected chi connectivity index (χ3v) is 4.09. The molecule has 0 fully saturated rings. The van der Waals surface area contributed by atoms with Crippen LogP contribution in [0.4, 0.5) is 0 Å². The van der Waals surface area contributed by atoms with Crippen LogP contribution in [-0.4, -0.2) is 4.83 Å². The first-order valence-corrected chi connectivity index (χ1v) is 6.09. The fourth-order valence-corrected chi connectivity index (χ4v) is 2.36. The van der Waals surface area contributed by atoms with E-state index in [1.54, 1.807) is 11.3 Å². The van der Waals surface area contributed by atoms with Crippen LogP contribution in [0, 0.1) is 5.92 Å². The van der Waals surface area contributed by atoms with E-state index in [0.29, 0.717) is 10.7 Å². The highest BCUT2D eigenvalue weighted by atomic mass is 79.9. The van der Waals surface area contributed by atoms with Crippen molar-refractivity contribution < 1.29 is 0 Å². The maximum absolute atomic E-state index is 5.83. The molecule has 1 rings (SSSR count). The second-order valence-corrected chi connectivity index (χ2v) is 6.31. The van der Waals surface area contributed by atoms with Gasteiger partial charge < -0.3 is 0 Å². The molecule has 0 aliphatic carbocycles. The molecular weight excluding hydrogens is 256 g/mol. The minimum absolute atomic E-state index is 0.568. The first kappa shape index (κ1) is 10.6. The Bertz CT molecular complexity index is 244. The van der Waals surface area contributed by atoms with Crippen LogP contribution in [0.2, 0.25) is 4.34 Å². The molecule has 0 aliphatic rings. The van der Waals surface area contributed by atoms with Gasteiger partial charge in [-0.15, -0.1) is 11.3 Å². The fraction of sp³-hybridized carbons (Fsp3) is 0.556. The zero-order valence-electron chi connectivity index (χ0n) is 7.18. The van der Waals surface area contributed by atoms with Crippen molar-refractivity contribution in [3.05, 3.63) is 21.3 Å². The van der Waals surface area contributed by atoms with E-state index in [4.69, 9.17) is 11.6 Å². The van der Waals surface area contributed by atoms with Crippen molar-refractivity contribution in [3.63, 3.8) is 0 Å². The summed E-state index contributed by atoms with van der Waals surface area (Å²) < 4.78 is 0.888. The molecule has 1 aromatic heterocycles. The Morgan fingerprint density at radius 2 is 2.17 bits per heavy atom. The van der Waals surface area contributed by atoms with Gasteiger partial charge in [-0.3, -0.25) is 0 Å². The Morgan fingerprint density at radius 3 is 2.58 bits per heavy atom. The molecule has 3 heteroatoms. The van der Waals surface area contributed by atoms with Crippen LogP contribution >= 0.6 is 38.9 Å². The molecule has 0 saturated carbocycles. The second-order valence-electron chi connectivity index (χ2n) is 3.06. The van der Waals surface area contributed by atoms with E-state index in [0.717, 1.165) is 10.8 Å². The van der Waals surface area contributed by atoms with E-state index in [9.17, 15) is 0 Å². The average Bonchev–Trinajstić information content (AvgIpc) is 2.35. The lowest BCUT2D eigenvalue weighted by Crippen LogP contribution is -2.08. The number of hydrogen-bond acceptors (Lipinski definition) is 1. The third kappa shape index (κ3) is 3.08. The van der Waals surface area contributed by atoms with Gasteiger partial charge in [-0.1, -0.05) is 41.4 Å². The molecular formula is C9H12BrClS. The summed E-state index contributed by atoms with van der Waals surface area (Å²) in [4.78, 5) is 1.94. The molecule has 0 N–H and O–H groups in total. The summed E-state index contributed by atoms with van der Waals surface area (Å²) in [6.07, 6.45) is 1.11. The highest BCUT2D eigenvalue weighted by Gasteiger charge is 2.10. The summed E-state index contributed by atoms with van der Waals surface area (Å²) in [5, 5.41) is 0. The zero-order valence-corrected chi connectivity index (χ0v) is 10.3. The minimum atomic E-state index is 0.568. The van der Waals surface area contributed by atoms with E-state index in [1.807, 2.05) is 6.07 Å². The Morgan fingerprint density at radius 1 is 1.50 bits per heavy atom. The van der Waals surface area contributed by atoms with E-state index in [1.165, 1.54) is 4.88 Å². The van der Waals surface area contributed by atoms with Gasteiger partial charge in [-0.2, -0.15) is 0 Å². The molecule has 1 aromatic rings. The summed E-state index contributed by atoms with van der Waals surface area (Å²) in [6, 6.07) is 4.08. The normalized spacial score (nSPS) is 16.0. The highest BCUT2D eigenvalue weighted by molar-refractivity contribution is 9.09. The first-order valence-electron chi connectivity index (χ1n) is 3.98. The molecule has 2 unspecified atom stereocenters. The Hall–Kier alpha value is 0.470. The molecule has 0 bridgehead atoms. The summed E-state index contributed by atoms with van der Waals surface area (Å²) in [5.41, 5.74) is 0. The maximum Gasteiger partial charge on any atom is 0.0931 e. The SMILES string of the molecule is CC(Br)C(C)Cc1ccc(Cl)s1. The van der Waals surface area contributed by atoms with Crippen LogP contribution in [0.25, 0.3) is 0 Å². The van der Waals surface area contributed by atoms with Gasteiger partial charge in [0.2, 0.25) is 0 Å². The molecule has 2 atom stereocenters. The predicted molar refractivity (Wildman–Crippen MR) is 60.6 cm³/mol. The van der Waals surface area contributed by atoms with Gasteiger partial charge in [0, 0.05) is 9.70 Å². The van der Waals surface area contributed by atoms with Crippen LogP contribution < -0.4 is 0 Å². The van der Waals surface area contributed by atoms with Gasteiger partial charge in [0.25, 0.3) is 0 Å². The van der Waals surface area contributed by atoms with E-state index < -0.39 is 0 Å². The van der Waals surface area contributed by atoms with Crippen LogP contribution in [0.1, 0.15) is 18.7 Å². The molecule has 0 spiro atoms. The molecule has 12 heavy (non-hydrogen) atoms. The first-order chi connectivity index (χ1) is 5.59. The van der Waals surface area contributed by atoms with E-state index in [-0.39, 0.29) is 0 Å². The third-order valence-electron chi connectivity index (χ3n) is 1.94. The summed E-state index contributed by atoms with van der Waals surface area (Å²) in [6.45, 7) is 4.42. The Kier molecular flexibility index (Phi) is 4.08. The van der Waals surface area contributed by atoms with Crippen molar-refractivity contribution >= 4 is 38.9 Å². The van der Waals surface area contributed by atoms with E-state index in [2.05, 4.69) is 35.8 Å². The van der Waals surface area contributed by atoms with Gasteiger partial charge in [0.15, 0.2) is 0 Å². The summed E-state index contributed by atoms with van der Waals surface area (Å²) in [5.74, 6) is 0.666. The lowest BCUT2D eigenvalue weighted by Gasteiger charge is -2.11. The number of halogens is 2. The molecule has 1 heterocycles. The molecule has 0 aromatic carbocycles. The van der Waals surface area contributed by atoms with Crippen molar-refractivity contribution in [2.75, 3.05) is 0 Å². The Labute approximate surface area is 91.1 Å². The zero-order chi connectivity index (χ0) is 9.14. The van der Waals surface area contributed by atoms with Crippen LogP contribution in [0.15, 0.2) is 12.1 Å². The van der Waals surface area contributed by atoms with Crippen molar-refractivity contribution in [3.8, 4) is 0 Å². The van der Waals surface area contributed by atoms with Crippen molar-refractivity contribution in [1.82, 2.24) is 0 Å². The van der Waals surface area contributed by atoms with Gasteiger partial charge in [-0.05, 0) is 24.5 Å². The fourth-order valence-electron chi connectivity index (χ4n) is 0.941. The van der Waals surface area contributed by atoms with E-state index >= 15 is 0 Å². The van der Waals surface area contributed by atoms with Gasteiger partial charge in [0.1, 0.15) is 0 Å². The summed E-state index contributed by atoms with van der Waals surface area (Å²) >= 11 is 11.1. The molecule has 0 amide bonds. The molecule has 0 nitrogen and oxygen atoms in total. The standard InChI is InChI=1S/C9H12BrClS/c1-6(7(2)10)5-8-3-4-9(11)12-8/h3-4,6-7H,5H2,1-2H3. The second kappa shape index (κ2) is 4.64. The van der Waals surface area contributed by atoms with Crippen LogP contribution in [0.5, 0.6) is 0 Å². The maximum atomic E-state index is 5.83. The Balaban J connectivity index is 2.52. The lowest BCUT2D eigenvalue weighted by atomic mass is 10.0. The topological polar surface area (TPSA) is 0 Å². The highest BCUT2D eigenvalue weighted by Crippen LogP contribution is 2.26. The molecule has 0 saturated heterocycles. The number of alkyl halides is 1. The van der Waals surface area contributed by atoms with Gasteiger partial charge >= 0.3 is 0 Å².